The second kappa shape index (κ2) is 6.29. The fourth-order valence-electron chi connectivity index (χ4n) is 3.50. The second-order valence-corrected chi connectivity index (χ2v) is 6.19. The molecule has 0 spiro atoms. The van der Waals surface area contributed by atoms with Crippen molar-refractivity contribution in [2.45, 2.75) is 24.8 Å². The van der Waals surface area contributed by atoms with E-state index in [0.717, 1.165) is 12.8 Å². The van der Waals surface area contributed by atoms with Gasteiger partial charge in [0.25, 0.3) is 0 Å². The standard InChI is InChI=1S/C22H21N/c1-4-10-17(11-5-1)20-16-21(18-12-6-2-7-13-18)23-22(20)19-14-8-3-9-15-19/h1-2,4-8,10-16,20,22-23H,3,9H2. The first-order chi connectivity index (χ1) is 11.4. The lowest BCUT2D eigenvalue weighted by molar-refractivity contribution is 0.656. The molecule has 2 aromatic carbocycles. The van der Waals surface area contributed by atoms with Gasteiger partial charge in [0.05, 0.1) is 6.04 Å². The van der Waals surface area contributed by atoms with Crippen LogP contribution in [-0.4, -0.2) is 6.04 Å². The highest BCUT2D eigenvalue weighted by atomic mass is 15.0. The van der Waals surface area contributed by atoms with Crippen molar-refractivity contribution >= 4 is 5.70 Å². The summed E-state index contributed by atoms with van der Waals surface area (Å²) in [6, 6.07) is 21.8. The number of benzene rings is 2. The van der Waals surface area contributed by atoms with Crippen LogP contribution >= 0.6 is 0 Å². The number of hydrogen-bond donors (Lipinski definition) is 1. The van der Waals surface area contributed by atoms with Crippen LogP contribution < -0.4 is 5.32 Å². The molecular formula is C22H21N. The number of allylic oxidation sites excluding steroid dienone is 2. The van der Waals surface area contributed by atoms with E-state index in [2.05, 4.69) is 90.3 Å². The van der Waals surface area contributed by atoms with E-state index >= 15 is 0 Å². The molecule has 2 aromatic rings. The third kappa shape index (κ3) is 2.87. The van der Waals surface area contributed by atoms with E-state index in [1.54, 1.807) is 0 Å². The van der Waals surface area contributed by atoms with E-state index in [-0.39, 0.29) is 0 Å². The molecule has 0 radical (unpaired) electrons. The predicted molar refractivity (Wildman–Crippen MR) is 97.0 cm³/mol. The van der Waals surface area contributed by atoms with Crippen molar-refractivity contribution in [2.75, 3.05) is 0 Å². The zero-order valence-electron chi connectivity index (χ0n) is 13.2. The highest BCUT2D eigenvalue weighted by molar-refractivity contribution is 5.69. The summed E-state index contributed by atoms with van der Waals surface area (Å²) in [5, 5.41) is 3.77. The summed E-state index contributed by atoms with van der Waals surface area (Å²) >= 11 is 0. The van der Waals surface area contributed by atoms with Gasteiger partial charge in [0.15, 0.2) is 0 Å². The average molecular weight is 299 g/mol. The fourth-order valence-corrected chi connectivity index (χ4v) is 3.50. The normalized spacial score (nSPS) is 23.1. The van der Waals surface area contributed by atoms with Gasteiger partial charge in [-0.3, -0.25) is 0 Å². The van der Waals surface area contributed by atoms with Crippen molar-refractivity contribution in [3.8, 4) is 0 Å². The summed E-state index contributed by atoms with van der Waals surface area (Å²) in [6.45, 7) is 0. The predicted octanol–water partition coefficient (Wildman–Crippen LogP) is 5.06. The highest BCUT2D eigenvalue weighted by Gasteiger charge is 2.30. The molecule has 114 valence electrons. The van der Waals surface area contributed by atoms with Gasteiger partial charge in [0, 0.05) is 11.6 Å². The maximum Gasteiger partial charge on any atom is 0.0614 e. The van der Waals surface area contributed by atoms with Crippen molar-refractivity contribution < 1.29 is 0 Å². The summed E-state index contributed by atoms with van der Waals surface area (Å²) < 4.78 is 0. The van der Waals surface area contributed by atoms with Gasteiger partial charge in [0.2, 0.25) is 0 Å². The first-order valence-electron chi connectivity index (χ1n) is 8.37. The molecule has 0 bridgehead atoms. The summed E-state index contributed by atoms with van der Waals surface area (Å²) in [7, 11) is 0. The summed E-state index contributed by atoms with van der Waals surface area (Å²) in [4.78, 5) is 0. The number of nitrogens with one attached hydrogen (secondary N) is 1. The molecule has 0 fully saturated rings. The third-order valence-corrected chi connectivity index (χ3v) is 4.67. The Bertz CT molecular complexity index is 753. The van der Waals surface area contributed by atoms with Crippen LogP contribution in [0.25, 0.3) is 5.70 Å². The van der Waals surface area contributed by atoms with E-state index < -0.39 is 0 Å². The van der Waals surface area contributed by atoms with Gasteiger partial charge in [-0.15, -0.1) is 0 Å². The molecule has 1 heteroatoms. The van der Waals surface area contributed by atoms with E-state index in [9.17, 15) is 0 Å². The lowest BCUT2D eigenvalue weighted by Gasteiger charge is -2.24. The average Bonchev–Trinajstić information content (AvgIpc) is 3.09. The zero-order valence-corrected chi connectivity index (χ0v) is 13.2. The van der Waals surface area contributed by atoms with Gasteiger partial charge in [-0.1, -0.05) is 85.0 Å². The molecule has 1 nitrogen and oxygen atoms in total. The van der Waals surface area contributed by atoms with E-state index in [4.69, 9.17) is 0 Å². The molecule has 0 saturated heterocycles. The maximum atomic E-state index is 3.77. The molecule has 0 aromatic heterocycles. The molecule has 2 atom stereocenters. The summed E-state index contributed by atoms with van der Waals surface area (Å²) in [5.74, 6) is 0.375. The molecule has 23 heavy (non-hydrogen) atoms. The molecule has 1 aliphatic carbocycles. The molecule has 2 aliphatic rings. The van der Waals surface area contributed by atoms with Gasteiger partial charge in [-0.05, 0) is 29.5 Å². The number of rotatable bonds is 3. The highest BCUT2D eigenvalue weighted by Crippen LogP contribution is 2.36. The van der Waals surface area contributed by atoms with E-state index in [1.807, 2.05) is 0 Å². The molecule has 0 saturated carbocycles. The van der Waals surface area contributed by atoms with Crippen LogP contribution in [0.3, 0.4) is 0 Å². The Morgan fingerprint density at radius 1 is 0.826 bits per heavy atom. The van der Waals surface area contributed by atoms with Crippen LogP contribution in [0.1, 0.15) is 29.9 Å². The van der Waals surface area contributed by atoms with Crippen LogP contribution in [0.4, 0.5) is 0 Å². The minimum atomic E-state index is 0.323. The number of hydrogen-bond acceptors (Lipinski definition) is 1. The monoisotopic (exact) mass is 299 g/mol. The van der Waals surface area contributed by atoms with E-state index in [0.29, 0.717) is 12.0 Å². The Labute approximate surface area is 138 Å². The molecule has 1 N–H and O–H groups in total. The molecule has 4 rings (SSSR count). The summed E-state index contributed by atoms with van der Waals surface area (Å²) in [5.41, 5.74) is 5.28. The van der Waals surface area contributed by atoms with Gasteiger partial charge in [-0.2, -0.15) is 0 Å². The lowest BCUT2D eigenvalue weighted by atomic mass is 9.87. The van der Waals surface area contributed by atoms with Crippen LogP contribution in [0.2, 0.25) is 0 Å². The second-order valence-electron chi connectivity index (χ2n) is 6.19. The smallest absolute Gasteiger partial charge is 0.0614 e. The van der Waals surface area contributed by atoms with Gasteiger partial charge < -0.3 is 5.32 Å². The molecule has 2 unspecified atom stereocenters. The topological polar surface area (TPSA) is 12.0 Å². The van der Waals surface area contributed by atoms with Crippen LogP contribution in [-0.2, 0) is 0 Å². The van der Waals surface area contributed by atoms with Crippen molar-refractivity contribution in [3.05, 3.63) is 102 Å². The third-order valence-electron chi connectivity index (χ3n) is 4.67. The zero-order chi connectivity index (χ0) is 15.5. The minimum absolute atomic E-state index is 0.323. The Morgan fingerprint density at radius 2 is 1.57 bits per heavy atom. The molecule has 0 amide bonds. The van der Waals surface area contributed by atoms with Crippen molar-refractivity contribution in [2.24, 2.45) is 0 Å². The molecule has 1 heterocycles. The molecule has 1 aliphatic heterocycles. The minimum Gasteiger partial charge on any atom is -0.377 e. The molecular weight excluding hydrogens is 278 g/mol. The Kier molecular flexibility index (Phi) is 3.85. The van der Waals surface area contributed by atoms with Crippen molar-refractivity contribution in [3.63, 3.8) is 0 Å². The first kappa shape index (κ1) is 14.1. The fraction of sp³-hybridized carbons (Fsp3) is 0.182. The Morgan fingerprint density at radius 3 is 2.26 bits per heavy atom. The Hall–Kier alpha value is -2.54. The van der Waals surface area contributed by atoms with Crippen LogP contribution in [0.5, 0.6) is 0 Å². The summed E-state index contributed by atoms with van der Waals surface area (Å²) in [6.07, 6.45) is 11.7. The lowest BCUT2D eigenvalue weighted by Crippen LogP contribution is -2.29. The van der Waals surface area contributed by atoms with Gasteiger partial charge in [0.1, 0.15) is 0 Å². The van der Waals surface area contributed by atoms with Crippen LogP contribution in [0.15, 0.2) is 90.5 Å². The van der Waals surface area contributed by atoms with Crippen molar-refractivity contribution in [1.82, 2.24) is 5.32 Å². The quantitative estimate of drug-likeness (QED) is 0.835. The van der Waals surface area contributed by atoms with Crippen LogP contribution in [0, 0.1) is 0 Å². The largest absolute Gasteiger partial charge is 0.377 e. The van der Waals surface area contributed by atoms with E-state index in [1.165, 1.54) is 22.4 Å². The maximum absolute atomic E-state index is 3.77. The first-order valence-corrected chi connectivity index (χ1v) is 8.37. The van der Waals surface area contributed by atoms with Gasteiger partial charge >= 0.3 is 0 Å². The Balaban J connectivity index is 1.72. The van der Waals surface area contributed by atoms with Crippen molar-refractivity contribution in [1.29, 1.82) is 0 Å². The van der Waals surface area contributed by atoms with Gasteiger partial charge in [-0.25, -0.2) is 0 Å². The SMILES string of the molecule is C1=CC(C2NC(c3ccccc3)=CC2c2ccccc2)=CCC1.